The number of pyridine rings is 1. The zero-order valence-electron chi connectivity index (χ0n) is 7.46. The van der Waals surface area contributed by atoms with Gasteiger partial charge in [-0.3, -0.25) is 4.79 Å². The van der Waals surface area contributed by atoms with Crippen LogP contribution < -0.4 is 10.6 Å². The highest BCUT2D eigenvalue weighted by Gasteiger charge is 2.24. The fourth-order valence-corrected chi connectivity index (χ4v) is 1.17. The lowest BCUT2D eigenvalue weighted by Crippen LogP contribution is -2.48. The Morgan fingerprint density at radius 2 is 2.36 bits per heavy atom. The number of rotatable bonds is 2. The zero-order chi connectivity index (χ0) is 9.97. The molecule has 0 radical (unpaired) electrons. The average molecular weight is 195 g/mol. The molecule has 1 aliphatic heterocycles. The van der Waals surface area contributed by atoms with Crippen LogP contribution in [-0.4, -0.2) is 24.0 Å². The summed E-state index contributed by atoms with van der Waals surface area (Å²) in [5.41, 5.74) is 0.531. The molecule has 1 amide bonds. The summed E-state index contributed by atoms with van der Waals surface area (Å²) in [6.45, 7) is 1.42. The minimum atomic E-state index is -0.548. The summed E-state index contributed by atoms with van der Waals surface area (Å²) in [7, 11) is 0. The second-order valence-electron chi connectivity index (χ2n) is 3.21. The number of hydrogen-bond acceptors (Lipinski definition) is 3. The molecule has 1 aliphatic rings. The van der Waals surface area contributed by atoms with Crippen LogP contribution in [0.3, 0.4) is 0 Å². The van der Waals surface area contributed by atoms with Crippen molar-refractivity contribution in [2.45, 2.75) is 0 Å². The van der Waals surface area contributed by atoms with Crippen molar-refractivity contribution < 1.29 is 9.18 Å². The lowest BCUT2D eigenvalue weighted by atomic mass is 10.0. The second-order valence-corrected chi connectivity index (χ2v) is 3.21. The SMILES string of the molecule is O=C(Nc1ccc(F)nc1)C1CNC1. The smallest absolute Gasteiger partial charge is 0.230 e. The van der Waals surface area contributed by atoms with Gasteiger partial charge in [0, 0.05) is 13.1 Å². The first-order valence-electron chi connectivity index (χ1n) is 4.39. The zero-order valence-corrected chi connectivity index (χ0v) is 7.46. The number of nitrogens with zero attached hydrogens (tertiary/aromatic N) is 1. The monoisotopic (exact) mass is 195 g/mol. The molecule has 4 nitrogen and oxygen atoms in total. The summed E-state index contributed by atoms with van der Waals surface area (Å²) in [6, 6.07) is 2.71. The molecule has 2 heterocycles. The maximum atomic E-state index is 12.4. The van der Waals surface area contributed by atoms with E-state index in [-0.39, 0.29) is 11.8 Å². The van der Waals surface area contributed by atoms with E-state index in [0.29, 0.717) is 18.8 Å². The molecule has 0 aromatic carbocycles. The minimum Gasteiger partial charge on any atom is -0.324 e. The number of hydrogen-bond donors (Lipinski definition) is 2. The lowest BCUT2D eigenvalue weighted by molar-refractivity contribution is -0.121. The molecule has 14 heavy (non-hydrogen) atoms. The highest BCUT2D eigenvalue weighted by molar-refractivity contribution is 5.93. The van der Waals surface area contributed by atoms with Gasteiger partial charge in [-0.15, -0.1) is 0 Å². The summed E-state index contributed by atoms with van der Waals surface area (Å²) in [5, 5.41) is 5.66. The van der Waals surface area contributed by atoms with Gasteiger partial charge in [0.15, 0.2) is 0 Å². The first-order valence-corrected chi connectivity index (χ1v) is 4.39. The maximum Gasteiger partial charge on any atom is 0.230 e. The van der Waals surface area contributed by atoms with E-state index in [2.05, 4.69) is 15.6 Å². The van der Waals surface area contributed by atoms with E-state index >= 15 is 0 Å². The van der Waals surface area contributed by atoms with E-state index in [9.17, 15) is 9.18 Å². The predicted molar refractivity (Wildman–Crippen MR) is 49.2 cm³/mol. The Hall–Kier alpha value is -1.49. The number of amides is 1. The van der Waals surface area contributed by atoms with Crippen LogP contribution in [0.2, 0.25) is 0 Å². The topological polar surface area (TPSA) is 54.0 Å². The molecular formula is C9H10FN3O. The largest absolute Gasteiger partial charge is 0.324 e. The summed E-state index contributed by atoms with van der Waals surface area (Å²) in [4.78, 5) is 14.8. The van der Waals surface area contributed by atoms with Crippen LogP contribution in [0.4, 0.5) is 10.1 Å². The highest BCUT2D eigenvalue weighted by atomic mass is 19.1. The maximum absolute atomic E-state index is 12.4. The molecule has 1 fully saturated rings. The molecule has 0 aliphatic carbocycles. The third kappa shape index (κ3) is 1.88. The van der Waals surface area contributed by atoms with Crippen molar-refractivity contribution in [2.24, 2.45) is 5.92 Å². The van der Waals surface area contributed by atoms with Gasteiger partial charge in [-0.05, 0) is 12.1 Å². The van der Waals surface area contributed by atoms with Gasteiger partial charge in [-0.1, -0.05) is 0 Å². The lowest BCUT2D eigenvalue weighted by Gasteiger charge is -2.25. The molecule has 5 heteroatoms. The number of anilines is 1. The third-order valence-corrected chi connectivity index (χ3v) is 2.15. The number of aromatic nitrogens is 1. The molecular weight excluding hydrogens is 185 g/mol. The van der Waals surface area contributed by atoms with E-state index in [1.54, 1.807) is 0 Å². The quantitative estimate of drug-likeness (QED) is 0.671. The van der Waals surface area contributed by atoms with E-state index in [1.165, 1.54) is 18.3 Å². The fraction of sp³-hybridized carbons (Fsp3) is 0.333. The van der Waals surface area contributed by atoms with Gasteiger partial charge >= 0.3 is 0 Å². The van der Waals surface area contributed by atoms with Crippen LogP contribution in [0.25, 0.3) is 0 Å². The molecule has 2 rings (SSSR count). The molecule has 2 N–H and O–H groups in total. The number of halogens is 1. The first-order chi connectivity index (χ1) is 6.75. The van der Waals surface area contributed by atoms with Crippen LogP contribution in [-0.2, 0) is 4.79 Å². The predicted octanol–water partition coefficient (Wildman–Crippen LogP) is 0.379. The van der Waals surface area contributed by atoms with Crippen molar-refractivity contribution in [1.82, 2.24) is 10.3 Å². The number of carbonyl (C=O) groups is 1. The Labute approximate surface area is 80.5 Å². The van der Waals surface area contributed by atoms with E-state index in [1.807, 2.05) is 0 Å². The van der Waals surface area contributed by atoms with Gasteiger partial charge in [0.05, 0.1) is 17.8 Å². The van der Waals surface area contributed by atoms with Crippen molar-refractivity contribution in [1.29, 1.82) is 0 Å². The highest BCUT2D eigenvalue weighted by Crippen LogP contribution is 2.09. The van der Waals surface area contributed by atoms with Crippen LogP contribution in [0.5, 0.6) is 0 Å². The van der Waals surface area contributed by atoms with Crippen LogP contribution in [0.1, 0.15) is 0 Å². The van der Waals surface area contributed by atoms with Gasteiger partial charge in [-0.2, -0.15) is 4.39 Å². The van der Waals surface area contributed by atoms with Gasteiger partial charge in [0.25, 0.3) is 0 Å². The summed E-state index contributed by atoms with van der Waals surface area (Å²) >= 11 is 0. The van der Waals surface area contributed by atoms with Crippen molar-refractivity contribution in [2.75, 3.05) is 18.4 Å². The Morgan fingerprint density at radius 3 is 2.86 bits per heavy atom. The molecule has 1 aromatic heterocycles. The van der Waals surface area contributed by atoms with Crippen molar-refractivity contribution >= 4 is 11.6 Å². The first kappa shape index (κ1) is 9.08. The van der Waals surface area contributed by atoms with Crippen molar-refractivity contribution in [3.8, 4) is 0 Å². The molecule has 1 aromatic rings. The summed E-state index contributed by atoms with van der Waals surface area (Å²) in [6.07, 6.45) is 1.30. The fourth-order valence-electron chi connectivity index (χ4n) is 1.17. The van der Waals surface area contributed by atoms with Crippen LogP contribution in [0.15, 0.2) is 18.3 Å². The van der Waals surface area contributed by atoms with Crippen molar-refractivity contribution in [3.05, 3.63) is 24.3 Å². The van der Waals surface area contributed by atoms with Gasteiger partial charge < -0.3 is 10.6 Å². The summed E-state index contributed by atoms with van der Waals surface area (Å²) < 4.78 is 12.4. The van der Waals surface area contributed by atoms with Gasteiger partial charge in [0.2, 0.25) is 11.9 Å². The van der Waals surface area contributed by atoms with E-state index in [0.717, 1.165) is 0 Å². The minimum absolute atomic E-state index is 0.0278. The normalized spacial score (nSPS) is 16.1. The Kier molecular flexibility index (Phi) is 2.41. The van der Waals surface area contributed by atoms with Gasteiger partial charge in [-0.25, -0.2) is 4.98 Å². The van der Waals surface area contributed by atoms with Crippen LogP contribution in [0, 0.1) is 11.9 Å². The Bertz CT molecular complexity index is 334. The molecule has 0 unspecified atom stereocenters. The van der Waals surface area contributed by atoms with Gasteiger partial charge in [0.1, 0.15) is 0 Å². The second kappa shape index (κ2) is 3.71. The summed E-state index contributed by atoms with van der Waals surface area (Å²) in [5.74, 6) is -0.564. The molecule has 1 saturated heterocycles. The third-order valence-electron chi connectivity index (χ3n) is 2.15. The number of nitrogens with one attached hydrogen (secondary N) is 2. The average Bonchev–Trinajstić information content (AvgIpc) is 2.06. The Balaban J connectivity index is 1.96. The van der Waals surface area contributed by atoms with E-state index in [4.69, 9.17) is 0 Å². The van der Waals surface area contributed by atoms with E-state index < -0.39 is 5.95 Å². The molecule has 0 atom stereocenters. The Morgan fingerprint density at radius 1 is 1.57 bits per heavy atom. The van der Waals surface area contributed by atoms with Crippen LogP contribution >= 0.6 is 0 Å². The van der Waals surface area contributed by atoms with Crippen molar-refractivity contribution in [3.63, 3.8) is 0 Å². The molecule has 0 saturated carbocycles. The molecule has 74 valence electrons. The molecule has 0 spiro atoms. The standard InChI is InChI=1S/C9H10FN3O/c10-8-2-1-7(5-12-8)13-9(14)6-3-11-4-6/h1-2,5-6,11H,3-4H2,(H,13,14). The molecule has 0 bridgehead atoms. The number of carbonyl (C=O) groups excluding carboxylic acids is 1.